The van der Waals surface area contributed by atoms with Gasteiger partial charge >= 0.3 is 0 Å². The first-order valence-corrected chi connectivity index (χ1v) is 14.3. The van der Waals surface area contributed by atoms with Gasteiger partial charge in [-0.1, -0.05) is 95.0 Å². The predicted molar refractivity (Wildman–Crippen MR) is 151 cm³/mol. The third-order valence-electron chi connectivity index (χ3n) is 4.85. The van der Waals surface area contributed by atoms with Crippen molar-refractivity contribution in [2.24, 2.45) is 5.10 Å². The van der Waals surface area contributed by atoms with Crippen LogP contribution >= 0.6 is 46.5 Å². The van der Waals surface area contributed by atoms with Crippen LogP contribution in [0.1, 0.15) is 16.7 Å². The maximum atomic E-state index is 12.2. The maximum absolute atomic E-state index is 12.2. The molecule has 0 aliphatic rings. The summed E-state index contributed by atoms with van der Waals surface area (Å²) < 4.78 is 12.9. The summed E-state index contributed by atoms with van der Waals surface area (Å²) in [4.78, 5) is 12.2. The Hall–Kier alpha value is -3.05. The highest BCUT2D eigenvalue weighted by atomic mass is 35.5. The number of carbonyl (C=O) groups is 1. The standard InChI is InChI=1S/C26H23ClN4O3S3/c1-33-23-13-19(11-12-22(23)34-15-18-7-3-2-4-8-18)14-28-29-24(32)17-36-26-31-30-25(37-26)35-16-20-9-5-6-10-21(20)27/h2-14H,15-17H2,1H3,(H,29,32). The van der Waals surface area contributed by atoms with Crippen molar-refractivity contribution in [2.75, 3.05) is 12.9 Å². The molecule has 0 bridgehead atoms. The Kier molecular flexibility index (Phi) is 10.2. The van der Waals surface area contributed by atoms with Crippen molar-refractivity contribution in [1.82, 2.24) is 15.6 Å². The fourth-order valence-electron chi connectivity index (χ4n) is 3.03. The van der Waals surface area contributed by atoms with E-state index in [-0.39, 0.29) is 11.7 Å². The molecular formula is C26H23ClN4O3S3. The average Bonchev–Trinajstić information content (AvgIpc) is 3.39. The van der Waals surface area contributed by atoms with E-state index in [1.54, 1.807) is 31.2 Å². The average molecular weight is 571 g/mol. The molecule has 1 heterocycles. The van der Waals surface area contributed by atoms with E-state index in [9.17, 15) is 4.79 Å². The zero-order chi connectivity index (χ0) is 25.9. The summed E-state index contributed by atoms with van der Waals surface area (Å²) in [5.41, 5.74) is 5.41. The van der Waals surface area contributed by atoms with Gasteiger partial charge in [0.05, 0.1) is 19.1 Å². The number of nitrogens with zero attached hydrogens (tertiary/aromatic N) is 3. The Labute approximate surface area is 232 Å². The lowest BCUT2D eigenvalue weighted by molar-refractivity contribution is -0.118. The second-order valence-electron chi connectivity index (χ2n) is 7.48. The first kappa shape index (κ1) is 27.0. The largest absolute Gasteiger partial charge is 0.493 e. The van der Waals surface area contributed by atoms with Gasteiger partial charge in [0.1, 0.15) is 6.61 Å². The van der Waals surface area contributed by atoms with E-state index in [0.717, 1.165) is 30.4 Å². The number of hydrazone groups is 1. The molecular weight excluding hydrogens is 548 g/mol. The molecule has 0 aliphatic heterocycles. The molecule has 0 atom stereocenters. The summed E-state index contributed by atoms with van der Waals surface area (Å²) in [6.45, 7) is 0.439. The fourth-order valence-corrected chi connectivity index (χ4v) is 6.12. The molecule has 4 aromatic rings. The Morgan fingerprint density at radius 2 is 1.78 bits per heavy atom. The van der Waals surface area contributed by atoms with Crippen molar-refractivity contribution >= 4 is 58.6 Å². The van der Waals surface area contributed by atoms with E-state index in [2.05, 4.69) is 20.7 Å². The topological polar surface area (TPSA) is 85.7 Å². The molecule has 0 saturated heterocycles. The van der Waals surface area contributed by atoms with Gasteiger partial charge in [0.2, 0.25) is 0 Å². The van der Waals surface area contributed by atoms with Gasteiger partial charge in [-0.3, -0.25) is 4.79 Å². The van der Waals surface area contributed by atoms with Crippen LogP contribution in [0.4, 0.5) is 0 Å². The summed E-state index contributed by atoms with van der Waals surface area (Å²) in [7, 11) is 1.58. The number of amides is 1. The van der Waals surface area contributed by atoms with Crippen LogP contribution in [0.25, 0.3) is 0 Å². The molecule has 0 saturated carbocycles. The molecule has 1 aromatic heterocycles. The molecule has 4 rings (SSSR count). The second-order valence-corrected chi connectivity index (χ2v) is 11.3. The minimum absolute atomic E-state index is 0.177. The molecule has 190 valence electrons. The van der Waals surface area contributed by atoms with Crippen LogP contribution in [0.3, 0.4) is 0 Å². The first-order chi connectivity index (χ1) is 18.1. The number of thioether (sulfide) groups is 2. The maximum Gasteiger partial charge on any atom is 0.250 e. The Morgan fingerprint density at radius 1 is 1.03 bits per heavy atom. The monoisotopic (exact) mass is 570 g/mol. The van der Waals surface area contributed by atoms with Crippen molar-refractivity contribution in [3.8, 4) is 11.5 Å². The lowest BCUT2D eigenvalue weighted by Gasteiger charge is -2.11. The van der Waals surface area contributed by atoms with E-state index < -0.39 is 0 Å². The lowest BCUT2D eigenvalue weighted by Crippen LogP contribution is -2.19. The number of halogens is 1. The lowest BCUT2D eigenvalue weighted by atomic mass is 10.2. The van der Waals surface area contributed by atoms with Crippen LogP contribution < -0.4 is 14.9 Å². The van der Waals surface area contributed by atoms with Crippen molar-refractivity contribution in [1.29, 1.82) is 0 Å². The zero-order valence-electron chi connectivity index (χ0n) is 19.8. The number of nitrogens with one attached hydrogen (secondary N) is 1. The molecule has 7 nitrogen and oxygen atoms in total. The summed E-state index contributed by atoms with van der Waals surface area (Å²) in [5.74, 6) is 1.86. The van der Waals surface area contributed by atoms with Gasteiger partial charge < -0.3 is 9.47 Å². The van der Waals surface area contributed by atoms with Crippen LogP contribution in [0.15, 0.2) is 86.6 Å². The van der Waals surface area contributed by atoms with Gasteiger partial charge in [-0.25, -0.2) is 5.43 Å². The number of carbonyl (C=O) groups excluding carboxylic acids is 1. The minimum Gasteiger partial charge on any atom is -0.493 e. The molecule has 1 N–H and O–H groups in total. The van der Waals surface area contributed by atoms with E-state index in [1.165, 1.54) is 23.1 Å². The van der Waals surface area contributed by atoms with Crippen molar-refractivity contribution < 1.29 is 14.3 Å². The number of methoxy groups -OCH3 is 1. The molecule has 11 heteroatoms. The number of rotatable bonds is 12. The molecule has 0 spiro atoms. The molecule has 1 amide bonds. The highest BCUT2D eigenvalue weighted by molar-refractivity contribution is 8.03. The van der Waals surface area contributed by atoms with E-state index in [1.807, 2.05) is 66.7 Å². The number of hydrogen-bond acceptors (Lipinski definition) is 9. The van der Waals surface area contributed by atoms with Crippen LogP contribution in [-0.2, 0) is 17.2 Å². The van der Waals surface area contributed by atoms with Crippen LogP contribution in [0.2, 0.25) is 5.02 Å². The van der Waals surface area contributed by atoms with Gasteiger partial charge in [0.25, 0.3) is 5.91 Å². The number of ether oxygens (including phenoxy) is 2. The summed E-state index contributed by atoms with van der Waals surface area (Å²) in [6.07, 6.45) is 1.56. The summed E-state index contributed by atoms with van der Waals surface area (Å²) in [6, 6.07) is 23.1. The van der Waals surface area contributed by atoms with Gasteiger partial charge in [0.15, 0.2) is 20.2 Å². The van der Waals surface area contributed by atoms with Crippen molar-refractivity contribution in [3.05, 3.63) is 94.5 Å². The molecule has 37 heavy (non-hydrogen) atoms. The molecule has 0 fully saturated rings. The van der Waals surface area contributed by atoms with Gasteiger partial charge in [-0.15, -0.1) is 10.2 Å². The Morgan fingerprint density at radius 3 is 2.57 bits per heavy atom. The van der Waals surface area contributed by atoms with Crippen molar-refractivity contribution in [2.45, 2.75) is 21.0 Å². The van der Waals surface area contributed by atoms with Crippen LogP contribution in [-0.4, -0.2) is 35.2 Å². The highest BCUT2D eigenvalue weighted by Gasteiger charge is 2.10. The number of benzene rings is 3. The second kappa shape index (κ2) is 14.0. The SMILES string of the molecule is COc1cc(C=NNC(=O)CSc2nnc(SCc3ccccc3Cl)s2)ccc1OCc1ccccc1. The summed E-state index contributed by atoms with van der Waals surface area (Å²) in [5, 5.41) is 13.1. The molecule has 0 aliphatic carbocycles. The fraction of sp³-hybridized carbons (Fsp3) is 0.154. The van der Waals surface area contributed by atoms with Gasteiger partial charge in [0, 0.05) is 10.8 Å². The zero-order valence-corrected chi connectivity index (χ0v) is 23.0. The Bertz CT molecular complexity index is 1350. The molecule has 0 radical (unpaired) electrons. The third kappa shape index (κ3) is 8.50. The van der Waals surface area contributed by atoms with Gasteiger partial charge in [-0.2, -0.15) is 5.10 Å². The smallest absolute Gasteiger partial charge is 0.250 e. The minimum atomic E-state index is -0.239. The summed E-state index contributed by atoms with van der Waals surface area (Å²) >= 11 is 10.5. The van der Waals surface area contributed by atoms with E-state index in [4.69, 9.17) is 21.1 Å². The van der Waals surface area contributed by atoms with Crippen LogP contribution in [0, 0.1) is 0 Å². The van der Waals surface area contributed by atoms with Crippen molar-refractivity contribution in [3.63, 3.8) is 0 Å². The first-order valence-electron chi connectivity index (χ1n) is 11.1. The Balaban J connectivity index is 1.21. The quantitative estimate of drug-likeness (QED) is 0.121. The normalized spacial score (nSPS) is 11.0. The highest BCUT2D eigenvalue weighted by Crippen LogP contribution is 2.32. The number of aromatic nitrogens is 2. The molecule has 0 unspecified atom stereocenters. The van der Waals surface area contributed by atoms with Gasteiger partial charge in [-0.05, 0) is 41.0 Å². The van der Waals surface area contributed by atoms with Crippen LogP contribution in [0.5, 0.6) is 11.5 Å². The third-order valence-corrected chi connectivity index (χ3v) is 8.46. The molecule has 3 aromatic carbocycles. The predicted octanol–water partition coefficient (Wildman–Crippen LogP) is 6.31. The van der Waals surface area contributed by atoms with E-state index in [0.29, 0.717) is 23.9 Å². The number of hydrogen-bond donors (Lipinski definition) is 1. The van der Waals surface area contributed by atoms with E-state index >= 15 is 0 Å².